The van der Waals surface area contributed by atoms with Crippen LogP contribution in [0.5, 0.6) is 11.5 Å². The number of phenols is 1. The molecule has 0 amide bonds. The zero-order valence-electron chi connectivity index (χ0n) is 20.6. The van der Waals surface area contributed by atoms with Gasteiger partial charge in [-0.25, -0.2) is 0 Å². The van der Waals surface area contributed by atoms with Crippen molar-refractivity contribution < 1.29 is 23.7 Å². The number of benzene rings is 1. The predicted molar refractivity (Wildman–Crippen MR) is 130 cm³/mol. The van der Waals surface area contributed by atoms with Gasteiger partial charge in [0.25, 0.3) is 0 Å². The molecule has 0 spiro atoms. The summed E-state index contributed by atoms with van der Waals surface area (Å²) in [7, 11) is 3.23. The number of fused-ring (bicyclic) bond motifs is 1. The monoisotopic (exact) mass is 469 g/mol. The Morgan fingerprint density at radius 3 is 2.44 bits per heavy atom. The largest absolute Gasteiger partial charge is 0.507 e. The van der Waals surface area contributed by atoms with Gasteiger partial charge in [0, 0.05) is 33.4 Å². The van der Waals surface area contributed by atoms with Crippen molar-refractivity contribution in [2.45, 2.75) is 46.1 Å². The fourth-order valence-corrected chi connectivity index (χ4v) is 5.14. The van der Waals surface area contributed by atoms with E-state index in [9.17, 15) is 5.11 Å². The number of aromatic hydroxyl groups is 1. The van der Waals surface area contributed by atoms with Crippen LogP contribution in [0.15, 0.2) is 16.5 Å². The Labute approximate surface area is 200 Å². The van der Waals surface area contributed by atoms with Crippen molar-refractivity contribution in [1.82, 2.24) is 9.61 Å². The summed E-state index contributed by atoms with van der Waals surface area (Å²) >= 11 is 0. The van der Waals surface area contributed by atoms with Crippen LogP contribution < -0.4 is 9.64 Å². The fraction of sp³-hybridized carbons (Fsp3) is 0.577. The number of rotatable bonds is 9. The van der Waals surface area contributed by atoms with Crippen molar-refractivity contribution in [1.29, 1.82) is 0 Å². The minimum absolute atomic E-state index is 0.115. The summed E-state index contributed by atoms with van der Waals surface area (Å²) in [6.07, 6.45) is 4.75. The standard InChI is InChI=1S/C26H35N3O5/c1-16-24(28(13-18-5-6-18)14-19-7-9-33-10-8-19)26-29(27-16)25(17(2)34-26)23-21(30)11-20(15-31-3)12-22(23)32-4/h11-12,18-19,30H,5-10,13-15H2,1-4H3. The van der Waals surface area contributed by atoms with Gasteiger partial charge >= 0.3 is 0 Å². The molecule has 3 heterocycles. The lowest BCUT2D eigenvalue weighted by Gasteiger charge is -2.30. The number of hydrogen-bond donors (Lipinski definition) is 1. The lowest BCUT2D eigenvalue weighted by molar-refractivity contribution is 0.0681. The molecule has 0 bridgehead atoms. The predicted octanol–water partition coefficient (Wildman–Crippen LogP) is 4.71. The molecular formula is C26H35N3O5. The van der Waals surface area contributed by atoms with Gasteiger partial charge in [0.2, 0.25) is 5.71 Å². The van der Waals surface area contributed by atoms with E-state index in [1.54, 1.807) is 20.3 Å². The van der Waals surface area contributed by atoms with Crippen LogP contribution in [-0.2, 0) is 16.1 Å². The van der Waals surface area contributed by atoms with E-state index >= 15 is 0 Å². The third-order valence-electron chi connectivity index (χ3n) is 7.00. The number of hydrogen-bond acceptors (Lipinski definition) is 7. The van der Waals surface area contributed by atoms with E-state index in [1.165, 1.54) is 12.8 Å². The SMILES string of the molecule is COCc1cc(O)c(-c2c(C)oc3c(N(CC4CCOCC4)CC4CC4)c(C)nn23)c(OC)c1. The highest BCUT2D eigenvalue weighted by atomic mass is 16.5. The van der Waals surface area contributed by atoms with E-state index in [0.717, 1.165) is 67.7 Å². The molecule has 1 aliphatic carbocycles. The Morgan fingerprint density at radius 1 is 1.09 bits per heavy atom. The Kier molecular flexibility index (Phi) is 6.44. The maximum absolute atomic E-state index is 11.0. The van der Waals surface area contributed by atoms with Crippen LogP contribution in [0.25, 0.3) is 17.0 Å². The number of anilines is 1. The first-order valence-electron chi connectivity index (χ1n) is 12.2. The maximum Gasteiger partial charge on any atom is 0.246 e. The van der Waals surface area contributed by atoms with Gasteiger partial charge in [0.05, 0.1) is 25.0 Å². The molecule has 5 rings (SSSR count). The first-order valence-corrected chi connectivity index (χ1v) is 12.2. The quantitative estimate of drug-likeness (QED) is 0.486. The Morgan fingerprint density at radius 2 is 1.79 bits per heavy atom. The average molecular weight is 470 g/mol. The normalized spacial score (nSPS) is 16.9. The molecule has 8 nitrogen and oxygen atoms in total. The zero-order valence-corrected chi connectivity index (χ0v) is 20.6. The number of oxazole rings is 1. The Bertz CT molecular complexity index is 1160. The second-order valence-electron chi connectivity index (χ2n) is 9.69. The lowest BCUT2D eigenvalue weighted by atomic mass is 9.99. The van der Waals surface area contributed by atoms with Gasteiger partial charge < -0.3 is 28.6 Å². The summed E-state index contributed by atoms with van der Waals surface area (Å²) in [5.41, 5.74) is 4.83. The summed E-state index contributed by atoms with van der Waals surface area (Å²) in [5, 5.41) is 15.9. The highest BCUT2D eigenvalue weighted by Crippen LogP contribution is 2.44. The summed E-state index contributed by atoms with van der Waals surface area (Å²) in [6, 6.07) is 3.60. The topological polar surface area (TPSA) is 81.6 Å². The third-order valence-corrected chi connectivity index (χ3v) is 7.00. The first-order chi connectivity index (χ1) is 16.5. The molecule has 2 aliphatic rings. The Balaban J connectivity index is 1.58. The van der Waals surface area contributed by atoms with Crippen LogP contribution in [0.1, 0.15) is 42.7 Å². The van der Waals surface area contributed by atoms with E-state index in [4.69, 9.17) is 23.7 Å². The highest BCUT2D eigenvalue weighted by molar-refractivity contribution is 5.81. The third kappa shape index (κ3) is 4.36. The molecule has 1 saturated heterocycles. The number of aromatic nitrogens is 2. The molecule has 1 aromatic carbocycles. The Hall–Kier alpha value is -2.71. The zero-order chi connectivity index (χ0) is 23.8. The summed E-state index contributed by atoms with van der Waals surface area (Å²) in [5.74, 6) is 2.71. The van der Waals surface area contributed by atoms with Crippen LogP contribution in [0, 0.1) is 25.7 Å². The van der Waals surface area contributed by atoms with Crippen LogP contribution in [0.4, 0.5) is 5.69 Å². The minimum Gasteiger partial charge on any atom is -0.507 e. The van der Waals surface area contributed by atoms with Gasteiger partial charge in [-0.2, -0.15) is 9.61 Å². The molecule has 8 heteroatoms. The van der Waals surface area contributed by atoms with Crippen LogP contribution in [0.3, 0.4) is 0 Å². The molecule has 1 aliphatic heterocycles. The summed E-state index contributed by atoms with van der Waals surface area (Å²) in [6.45, 7) is 8.02. The average Bonchev–Trinajstić information content (AvgIpc) is 3.51. The van der Waals surface area contributed by atoms with Crippen molar-refractivity contribution in [3.05, 3.63) is 29.2 Å². The second kappa shape index (κ2) is 9.50. The smallest absolute Gasteiger partial charge is 0.246 e. The van der Waals surface area contributed by atoms with Crippen LogP contribution in [-0.4, -0.2) is 55.2 Å². The number of aryl methyl sites for hydroxylation is 2. The summed E-state index contributed by atoms with van der Waals surface area (Å²) in [4.78, 5) is 2.48. The van der Waals surface area contributed by atoms with Crippen molar-refractivity contribution in [2.24, 2.45) is 11.8 Å². The van der Waals surface area contributed by atoms with E-state index in [0.29, 0.717) is 35.3 Å². The lowest BCUT2D eigenvalue weighted by Crippen LogP contribution is -2.34. The molecule has 3 aromatic rings. The number of ether oxygens (including phenoxy) is 3. The second-order valence-corrected chi connectivity index (χ2v) is 9.69. The molecule has 0 unspecified atom stereocenters. The van der Waals surface area contributed by atoms with E-state index in [-0.39, 0.29) is 5.75 Å². The molecule has 0 atom stereocenters. The number of nitrogens with zero attached hydrogens (tertiary/aromatic N) is 3. The van der Waals surface area contributed by atoms with E-state index in [2.05, 4.69) is 4.90 Å². The molecule has 2 aromatic heterocycles. The van der Waals surface area contributed by atoms with Crippen LogP contribution >= 0.6 is 0 Å². The fourth-order valence-electron chi connectivity index (χ4n) is 5.14. The molecule has 184 valence electrons. The maximum atomic E-state index is 11.0. The minimum atomic E-state index is 0.115. The van der Waals surface area contributed by atoms with Gasteiger partial charge in [-0.1, -0.05) is 0 Å². The van der Waals surface area contributed by atoms with Crippen molar-refractivity contribution in [3.63, 3.8) is 0 Å². The molecular weight excluding hydrogens is 434 g/mol. The van der Waals surface area contributed by atoms with E-state index in [1.807, 2.05) is 24.4 Å². The first kappa shape index (κ1) is 23.1. The van der Waals surface area contributed by atoms with Crippen molar-refractivity contribution in [2.75, 3.05) is 45.4 Å². The van der Waals surface area contributed by atoms with Gasteiger partial charge in [0.1, 0.15) is 28.6 Å². The van der Waals surface area contributed by atoms with Gasteiger partial charge in [0.15, 0.2) is 0 Å². The molecule has 1 saturated carbocycles. The van der Waals surface area contributed by atoms with Crippen LogP contribution in [0.2, 0.25) is 0 Å². The molecule has 2 fully saturated rings. The molecule has 34 heavy (non-hydrogen) atoms. The number of methoxy groups -OCH3 is 2. The van der Waals surface area contributed by atoms with Gasteiger partial charge in [-0.15, -0.1) is 0 Å². The van der Waals surface area contributed by atoms with E-state index < -0.39 is 0 Å². The highest BCUT2D eigenvalue weighted by Gasteiger charge is 2.32. The van der Waals surface area contributed by atoms with Crippen molar-refractivity contribution in [3.8, 4) is 22.8 Å². The number of phenolic OH excluding ortho intramolecular Hbond substituents is 1. The van der Waals surface area contributed by atoms with Gasteiger partial charge in [-0.3, -0.25) is 0 Å². The summed E-state index contributed by atoms with van der Waals surface area (Å²) < 4.78 is 24.7. The molecule has 0 radical (unpaired) electrons. The molecule has 1 N–H and O–H groups in total. The van der Waals surface area contributed by atoms with Gasteiger partial charge in [-0.05, 0) is 69.1 Å². The van der Waals surface area contributed by atoms with Crippen molar-refractivity contribution >= 4 is 11.4 Å².